The van der Waals surface area contributed by atoms with Crippen LogP contribution in [0.5, 0.6) is 5.75 Å². The number of piperidine rings is 1. The SMILES string of the molecule is CC/C(=C\c1ccc(O)cc1)CC[C@H]1OB(O)C[C@H]2C1=C(C)C[C@H]1C(=O)N(C3CCN(Cc4ccccc4)CC3)C(=O)[C@H]12. The van der Waals surface area contributed by atoms with Crippen molar-refractivity contribution in [2.24, 2.45) is 17.8 Å². The summed E-state index contributed by atoms with van der Waals surface area (Å²) in [5.74, 6) is -0.726. The van der Waals surface area contributed by atoms with Crippen LogP contribution in [0.3, 0.4) is 0 Å². The molecule has 0 bridgehead atoms. The van der Waals surface area contributed by atoms with Crippen LogP contribution in [0, 0.1) is 17.8 Å². The van der Waals surface area contributed by atoms with Crippen molar-refractivity contribution in [3.63, 3.8) is 0 Å². The zero-order valence-corrected chi connectivity index (χ0v) is 25.3. The first-order valence-electron chi connectivity index (χ1n) is 16.0. The summed E-state index contributed by atoms with van der Waals surface area (Å²) in [6.45, 7) is 6.83. The number of phenols is 1. The van der Waals surface area contributed by atoms with Crippen LogP contribution in [0.2, 0.25) is 6.32 Å². The molecule has 4 atom stereocenters. The molecular formula is C35H43BN2O5. The third-order valence-corrected chi connectivity index (χ3v) is 10.1. The number of carbonyl (C=O) groups excluding carboxylic acids is 2. The van der Waals surface area contributed by atoms with Crippen molar-refractivity contribution in [3.05, 3.63) is 82.4 Å². The number of benzene rings is 2. The second kappa shape index (κ2) is 12.8. The predicted octanol–water partition coefficient (Wildman–Crippen LogP) is 5.45. The van der Waals surface area contributed by atoms with Crippen molar-refractivity contribution in [3.8, 4) is 5.75 Å². The van der Waals surface area contributed by atoms with E-state index in [0.29, 0.717) is 19.2 Å². The summed E-state index contributed by atoms with van der Waals surface area (Å²) >= 11 is 0. The molecule has 0 saturated carbocycles. The molecule has 4 aliphatic rings. The highest BCUT2D eigenvalue weighted by molar-refractivity contribution is 6.43. The smallest absolute Gasteiger partial charge is 0.455 e. The molecule has 6 rings (SSSR count). The molecule has 0 unspecified atom stereocenters. The highest BCUT2D eigenvalue weighted by Crippen LogP contribution is 2.51. The lowest BCUT2D eigenvalue weighted by Crippen LogP contribution is -2.48. The molecule has 8 heteroatoms. The molecule has 0 spiro atoms. The Kier molecular flexibility index (Phi) is 8.89. The molecule has 7 nitrogen and oxygen atoms in total. The minimum absolute atomic E-state index is 0.0162. The summed E-state index contributed by atoms with van der Waals surface area (Å²) in [6, 6.07) is 17.6. The van der Waals surface area contributed by atoms with Crippen LogP contribution >= 0.6 is 0 Å². The number of hydrogen-bond donors (Lipinski definition) is 2. The Morgan fingerprint density at radius 1 is 1.02 bits per heavy atom. The van der Waals surface area contributed by atoms with Gasteiger partial charge in [0.25, 0.3) is 0 Å². The summed E-state index contributed by atoms with van der Waals surface area (Å²) in [5, 5.41) is 20.4. The summed E-state index contributed by atoms with van der Waals surface area (Å²) in [6.07, 6.45) is 6.81. The van der Waals surface area contributed by atoms with Gasteiger partial charge in [-0.15, -0.1) is 0 Å². The van der Waals surface area contributed by atoms with Crippen molar-refractivity contribution in [2.75, 3.05) is 13.1 Å². The highest BCUT2D eigenvalue weighted by atomic mass is 16.5. The van der Waals surface area contributed by atoms with Gasteiger partial charge in [-0.2, -0.15) is 0 Å². The molecule has 3 aliphatic heterocycles. The van der Waals surface area contributed by atoms with Crippen molar-refractivity contribution < 1.29 is 24.4 Å². The Bertz CT molecular complexity index is 1380. The fourth-order valence-electron chi connectivity index (χ4n) is 7.96. The number of nitrogens with zero attached hydrogens (tertiary/aromatic N) is 2. The monoisotopic (exact) mass is 582 g/mol. The molecule has 2 aromatic carbocycles. The minimum atomic E-state index is -0.949. The van der Waals surface area contributed by atoms with Crippen LogP contribution in [0.4, 0.5) is 0 Å². The number of likely N-dealkylation sites (tertiary alicyclic amines) is 2. The molecule has 226 valence electrons. The van der Waals surface area contributed by atoms with Gasteiger partial charge in [0.05, 0.1) is 17.9 Å². The summed E-state index contributed by atoms with van der Waals surface area (Å²) in [5.41, 5.74) is 5.85. The van der Waals surface area contributed by atoms with Gasteiger partial charge in [0.2, 0.25) is 11.8 Å². The number of amides is 2. The predicted molar refractivity (Wildman–Crippen MR) is 168 cm³/mol. The standard InChI is InChI=1S/C35H43BN2O5/c1-3-24(20-25-9-12-28(39)13-10-25)11-14-31-32-23(2)19-29-33(30(32)21-36(42)43-31)35(41)38(34(29)40)27-15-17-37(18-16-27)22-26-7-5-4-6-8-26/h4-10,12-13,20,27,29-31,33,39,42H,3,11,14-19,21-22H2,1-2H3/b24-20+/t29-,30+,31-,33-/m1/s1. The maximum absolute atomic E-state index is 14.1. The van der Waals surface area contributed by atoms with Gasteiger partial charge in [-0.25, -0.2) is 0 Å². The van der Waals surface area contributed by atoms with E-state index in [0.717, 1.165) is 62.0 Å². The van der Waals surface area contributed by atoms with Gasteiger partial charge < -0.3 is 14.8 Å². The number of rotatable bonds is 8. The molecule has 0 aromatic heterocycles. The molecule has 2 aromatic rings. The maximum atomic E-state index is 14.1. The van der Waals surface area contributed by atoms with Gasteiger partial charge in [0.15, 0.2) is 0 Å². The Hall–Kier alpha value is -3.20. The second-order valence-electron chi connectivity index (χ2n) is 12.8. The first-order valence-corrected chi connectivity index (χ1v) is 16.0. The van der Waals surface area contributed by atoms with Crippen molar-refractivity contribution >= 4 is 25.0 Å². The molecule has 0 radical (unpaired) electrons. The van der Waals surface area contributed by atoms with Crippen molar-refractivity contribution in [1.82, 2.24) is 9.80 Å². The average molecular weight is 583 g/mol. The van der Waals surface area contributed by atoms with Gasteiger partial charge in [-0.3, -0.25) is 19.4 Å². The van der Waals surface area contributed by atoms with E-state index in [-0.39, 0.29) is 41.5 Å². The number of carbonyl (C=O) groups is 2. The van der Waals surface area contributed by atoms with Crippen LogP contribution < -0.4 is 0 Å². The molecule has 3 fully saturated rings. The molecule has 3 saturated heterocycles. The zero-order valence-electron chi connectivity index (χ0n) is 25.3. The topological polar surface area (TPSA) is 90.3 Å². The summed E-state index contributed by atoms with van der Waals surface area (Å²) in [4.78, 5) is 31.9. The quantitative estimate of drug-likeness (QED) is 0.245. The number of fused-ring (bicyclic) bond motifs is 3. The van der Waals surface area contributed by atoms with Crippen LogP contribution in [-0.4, -0.2) is 64.1 Å². The van der Waals surface area contributed by atoms with Crippen LogP contribution in [-0.2, 0) is 20.8 Å². The van der Waals surface area contributed by atoms with Gasteiger partial charge in [0, 0.05) is 25.7 Å². The first kappa shape index (κ1) is 29.9. The lowest BCUT2D eigenvalue weighted by Gasteiger charge is -2.42. The number of imide groups is 1. The lowest BCUT2D eigenvalue weighted by atomic mass is 9.58. The molecular weight excluding hydrogens is 539 g/mol. The Labute approximate surface area is 255 Å². The average Bonchev–Trinajstić information content (AvgIpc) is 3.25. The van der Waals surface area contributed by atoms with Gasteiger partial charge in [-0.05, 0) is 86.5 Å². The number of phenolic OH excluding ortho intramolecular Hbond substituents is 1. The number of allylic oxidation sites excluding steroid dienone is 2. The van der Waals surface area contributed by atoms with Crippen molar-refractivity contribution in [1.29, 1.82) is 0 Å². The van der Waals surface area contributed by atoms with E-state index in [2.05, 4.69) is 49.1 Å². The van der Waals surface area contributed by atoms with E-state index < -0.39 is 13.0 Å². The molecule has 2 N–H and O–H groups in total. The zero-order chi connectivity index (χ0) is 30.1. The Morgan fingerprint density at radius 3 is 2.44 bits per heavy atom. The fraction of sp³-hybridized carbons (Fsp3) is 0.486. The van der Waals surface area contributed by atoms with Gasteiger partial charge in [-0.1, -0.05) is 66.6 Å². The minimum Gasteiger partial charge on any atom is -0.508 e. The van der Waals surface area contributed by atoms with Crippen LogP contribution in [0.1, 0.15) is 63.5 Å². The van der Waals surface area contributed by atoms with Crippen LogP contribution in [0.15, 0.2) is 71.3 Å². The highest BCUT2D eigenvalue weighted by Gasteiger charge is 2.58. The van der Waals surface area contributed by atoms with E-state index in [9.17, 15) is 19.7 Å². The molecule has 43 heavy (non-hydrogen) atoms. The van der Waals surface area contributed by atoms with Crippen molar-refractivity contribution in [2.45, 2.75) is 77.4 Å². The summed E-state index contributed by atoms with van der Waals surface area (Å²) < 4.78 is 6.12. The Morgan fingerprint density at radius 2 is 1.74 bits per heavy atom. The third kappa shape index (κ3) is 6.24. The van der Waals surface area contributed by atoms with Crippen LogP contribution in [0.25, 0.3) is 6.08 Å². The second-order valence-corrected chi connectivity index (χ2v) is 12.8. The van der Waals surface area contributed by atoms with E-state index in [1.807, 2.05) is 18.2 Å². The Balaban J connectivity index is 1.14. The normalized spacial score (nSPS) is 27.1. The number of hydrogen-bond acceptors (Lipinski definition) is 6. The number of aromatic hydroxyl groups is 1. The maximum Gasteiger partial charge on any atom is 0.455 e. The largest absolute Gasteiger partial charge is 0.508 e. The van der Waals surface area contributed by atoms with E-state index in [1.54, 1.807) is 17.0 Å². The van der Waals surface area contributed by atoms with E-state index in [1.165, 1.54) is 11.1 Å². The molecule has 1 aliphatic carbocycles. The van der Waals surface area contributed by atoms with Gasteiger partial charge >= 0.3 is 7.12 Å². The third-order valence-electron chi connectivity index (χ3n) is 10.1. The van der Waals surface area contributed by atoms with Gasteiger partial charge in [0.1, 0.15) is 5.75 Å². The van der Waals surface area contributed by atoms with E-state index in [4.69, 9.17) is 4.65 Å². The van der Waals surface area contributed by atoms with E-state index >= 15 is 0 Å². The first-order chi connectivity index (χ1) is 20.8. The summed E-state index contributed by atoms with van der Waals surface area (Å²) in [7, 11) is -0.949. The fourth-order valence-corrected chi connectivity index (χ4v) is 7.96. The lowest BCUT2D eigenvalue weighted by molar-refractivity contribution is -0.144. The molecule has 3 heterocycles. The molecule has 2 amide bonds.